The lowest BCUT2D eigenvalue weighted by atomic mass is 10.5. The molecule has 0 aliphatic heterocycles. The number of hydrogen-bond acceptors (Lipinski definition) is 5. The fourth-order valence-electron chi connectivity index (χ4n) is 0.681. The van der Waals surface area contributed by atoms with E-state index in [0.29, 0.717) is 0 Å². The van der Waals surface area contributed by atoms with E-state index in [4.69, 9.17) is 9.47 Å². The molecule has 0 saturated heterocycles. The predicted molar refractivity (Wildman–Crippen MR) is 39.9 cm³/mol. The zero-order valence-corrected chi connectivity index (χ0v) is 6.77. The Kier molecular flexibility index (Phi) is 2.57. The van der Waals surface area contributed by atoms with E-state index in [-0.39, 0.29) is 11.6 Å². The molecule has 0 aliphatic rings. The second-order valence-corrected chi connectivity index (χ2v) is 2.00. The first-order valence-electron chi connectivity index (χ1n) is 3.28. The molecule has 0 radical (unpaired) electrons. The van der Waals surface area contributed by atoms with Crippen molar-refractivity contribution in [2.24, 2.45) is 0 Å². The number of methoxy groups -OCH3 is 1. The number of nitrogens with zero attached hydrogens (tertiary/aromatic N) is 2. The Hall–Kier alpha value is -1.65. The third-order valence-corrected chi connectivity index (χ3v) is 1.10. The zero-order chi connectivity index (χ0) is 8.97. The van der Waals surface area contributed by atoms with E-state index in [1.807, 2.05) is 0 Å². The molecule has 0 amide bonds. The van der Waals surface area contributed by atoms with Crippen molar-refractivity contribution in [3.05, 3.63) is 12.3 Å². The predicted octanol–water partition coefficient (Wildman–Crippen LogP) is 0.410. The minimum Gasteiger partial charge on any atom is -0.477 e. The fraction of sp³-hybridized carbons (Fsp3) is 0.286. The molecule has 0 atom stereocenters. The van der Waals surface area contributed by atoms with Gasteiger partial charge in [0.25, 0.3) is 5.88 Å². The van der Waals surface area contributed by atoms with Gasteiger partial charge in [-0.2, -0.15) is 5.10 Å². The number of esters is 1. The van der Waals surface area contributed by atoms with Crippen molar-refractivity contribution in [2.45, 2.75) is 6.92 Å². The maximum Gasteiger partial charge on any atom is 0.308 e. The molecule has 0 bridgehead atoms. The van der Waals surface area contributed by atoms with Crippen LogP contribution in [0.2, 0.25) is 0 Å². The van der Waals surface area contributed by atoms with Gasteiger partial charge in [0, 0.05) is 13.0 Å². The summed E-state index contributed by atoms with van der Waals surface area (Å²) in [6, 6.07) is 1.51. The molecular weight excluding hydrogens is 160 g/mol. The highest BCUT2D eigenvalue weighted by molar-refractivity contribution is 5.69. The minimum atomic E-state index is -0.415. The first kappa shape index (κ1) is 8.45. The summed E-state index contributed by atoms with van der Waals surface area (Å²) in [7, 11) is 1.43. The molecule has 5 nitrogen and oxygen atoms in total. The van der Waals surface area contributed by atoms with Gasteiger partial charge in [-0.1, -0.05) is 0 Å². The number of aromatic nitrogens is 2. The average molecular weight is 168 g/mol. The van der Waals surface area contributed by atoms with E-state index < -0.39 is 5.97 Å². The zero-order valence-electron chi connectivity index (χ0n) is 6.77. The van der Waals surface area contributed by atoms with Gasteiger partial charge >= 0.3 is 5.97 Å². The molecule has 0 saturated carbocycles. The van der Waals surface area contributed by atoms with Crippen molar-refractivity contribution in [3.63, 3.8) is 0 Å². The number of carbonyl (C=O) groups is 1. The number of hydrogen-bond donors (Lipinski definition) is 0. The molecule has 12 heavy (non-hydrogen) atoms. The lowest BCUT2D eigenvalue weighted by Crippen LogP contribution is -2.04. The van der Waals surface area contributed by atoms with Crippen LogP contribution >= 0.6 is 0 Å². The highest BCUT2D eigenvalue weighted by Crippen LogP contribution is 2.21. The minimum absolute atomic E-state index is 0.202. The monoisotopic (exact) mass is 168 g/mol. The Labute approximate surface area is 69.3 Å². The summed E-state index contributed by atoms with van der Waals surface area (Å²) in [6.07, 6.45) is 1.42. The first-order chi connectivity index (χ1) is 5.74. The van der Waals surface area contributed by atoms with Crippen LogP contribution in [0, 0.1) is 0 Å². The Bertz CT molecular complexity index is 288. The summed E-state index contributed by atoms with van der Waals surface area (Å²) in [4.78, 5) is 10.6. The van der Waals surface area contributed by atoms with Crippen LogP contribution in [0.25, 0.3) is 0 Å². The summed E-state index contributed by atoms with van der Waals surface area (Å²) in [5.41, 5.74) is 0. The van der Waals surface area contributed by atoms with Crippen molar-refractivity contribution in [1.82, 2.24) is 10.2 Å². The SMILES string of the molecule is COc1nnccc1OC(C)=O. The van der Waals surface area contributed by atoms with E-state index in [2.05, 4.69) is 10.2 Å². The van der Waals surface area contributed by atoms with Gasteiger partial charge in [-0.15, -0.1) is 5.10 Å². The quantitative estimate of drug-likeness (QED) is 0.598. The standard InChI is InChI=1S/C7H8N2O3/c1-5(10)12-6-3-4-8-9-7(6)11-2/h3-4H,1-2H3. The lowest BCUT2D eigenvalue weighted by molar-refractivity contribution is -0.132. The highest BCUT2D eigenvalue weighted by atomic mass is 16.6. The largest absolute Gasteiger partial charge is 0.477 e. The smallest absolute Gasteiger partial charge is 0.308 e. The topological polar surface area (TPSA) is 61.3 Å². The molecule has 0 aromatic carbocycles. The van der Waals surface area contributed by atoms with Crippen molar-refractivity contribution >= 4 is 5.97 Å². The molecular formula is C7H8N2O3. The van der Waals surface area contributed by atoms with Crippen LogP contribution in [0.5, 0.6) is 11.6 Å². The first-order valence-corrected chi connectivity index (χ1v) is 3.28. The Morgan fingerprint density at radius 2 is 2.33 bits per heavy atom. The molecule has 1 aromatic rings. The third kappa shape index (κ3) is 1.91. The molecule has 0 fully saturated rings. The van der Waals surface area contributed by atoms with Gasteiger partial charge in [0.15, 0.2) is 5.75 Å². The Morgan fingerprint density at radius 1 is 1.58 bits per heavy atom. The van der Waals surface area contributed by atoms with E-state index in [9.17, 15) is 4.79 Å². The van der Waals surface area contributed by atoms with Crippen LogP contribution in [0.15, 0.2) is 12.3 Å². The van der Waals surface area contributed by atoms with Crippen molar-refractivity contribution < 1.29 is 14.3 Å². The van der Waals surface area contributed by atoms with Gasteiger partial charge in [0.1, 0.15) is 0 Å². The summed E-state index contributed by atoms with van der Waals surface area (Å²) >= 11 is 0. The van der Waals surface area contributed by atoms with Gasteiger partial charge in [-0.3, -0.25) is 4.79 Å². The average Bonchev–Trinajstić information content (AvgIpc) is 2.04. The number of carbonyl (C=O) groups excluding carboxylic acids is 1. The van der Waals surface area contributed by atoms with Crippen LogP contribution < -0.4 is 9.47 Å². The highest BCUT2D eigenvalue weighted by Gasteiger charge is 2.06. The van der Waals surface area contributed by atoms with E-state index in [0.717, 1.165) is 0 Å². The fourth-order valence-corrected chi connectivity index (χ4v) is 0.681. The van der Waals surface area contributed by atoms with Crippen LogP contribution in [-0.2, 0) is 4.79 Å². The van der Waals surface area contributed by atoms with Crippen LogP contribution in [0.1, 0.15) is 6.92 Å². The summed E-state index contributed by atoms with van der Waals surface area (Å²) < 4.78 is 9.57. The maximum absolute atomic E-state index is 10.6. The van der Waals surface area contributed by atoms with Crippen molar-refractivity contribution in [2.75, 3.05) is 7.11 Å². The van der Waals surface area contributed by atoms with E-state index in [1.165, 1.54) is 26.3 Å². The lowest BCUT2D eigenvalue weighted by Gasteiger charge is -2.03. The molecule has 0 N–H and O–H groups in total. The maximum atomic E-state index is 10.6. The van der Waals surface area contributed by atoms with Gasteiger partial charge < -0.3 is 9.47 Å². The Morgan fingerprint density at radius 3 is 2.92 bits per heavy atom. The molecule has 0 aliphatic carbocycles. The summed E-state index contributed by atoms with van der Waals surface area (Å²) in [5.74, 6) is 0.0639. The van der Waals surface area contributed by atoms with Gasteiger partial charge in [0.05, 0.1) is 13.3 Å². The molecule has 1 heterocycles. The molecule has 0 unspecified atom stereocenters. The van der Waals surface area contributed by atoms with Crippen LogP contribution in [0.4, 0.5) is 0 Å². The number of rotatable bonds is 2. The third-order valence-electron chi connectivity index (χ3n) is 1.10. The number of ether oxygens (including phenoxy) is 2. The molecule has 1 aromatic heterocycles. The molecule has 0 spiro atoms. The second-order valence-electron chi connectivity index (χ2n) is 2.00. The van der Waals surface area contributed by atoms with Crippen molar-refractivity contribution in [3.8, 4) is 11.6 Å². The Balaban J connectivity index is 2.89. The van der Waals surface area contributed by atoms with E-state index >= 15 is 0 Å². The van der Waals surface area contributed by atoms with Crippen molar-refractivity contribution in [1.29, 1.82) is 0 Å². The molecule has 5 heteroatoms. The van der Waals surface area contributed by atoms with Gasteiger partial charge in [-0.25, -0.2) is 0 Å². The molecule has 64 valence electrons. The molecule has 1 rings (SSSR count). The van der Waals surface area contributed by atoms with Crippen LogP contribution in [-0.4, -0.2) is 23.3 Å². The van der Waals surface area contributed by atoms with E-state index in [1.54, 1.807) is 0 Å². The summed E-state index contributed by atoms with van der Waals surface area (Å²) in [6.45, 7) is 1.31. The van der Waals surface area contributed by atoms with Gasteiger partial charge in [0.2, 0.25) is 0 Å². The second kappa shape index (κ2) is 3.66. The van der Waals surface area contributed by atoms with Gasteiger partial charge in [-0.05, 0) is 0 Å². The summed E-state index contributed by atoms with van der Waals surface area (Å²) in [5, 5.41) is 7.16. The normalized spacial score (nSPS) is 9.17. The van der Waals surface area contributed by atoms with Crippen LogP contribution in [0.3, 0.4) is 0 Å².